The lowest BCUT2D eigenvalue weighted by Crippen LogP contribution is -2.45. The van der Waals surface area contributed by atoms with Gasteiger partial charge in [0.15, 0.2) is 0 Å². The van der Waals surface area contributed by atoms with E-state index in [1.165, 1.54) is 6.20 Å². The van der Waals surface area contributed by atoms with E-state index in [0.29, 0.717) is 12.2 Å². The SMILES string of the molecule is CN1CCN(c2cccc(C(=O)NCc3cncc(O)c3)n2)CC1. The van der Waals surface area contributed by atoms with E-state index in [2.05, 4.69) is 32.1 Å². The molecule has 0 saturated carbocycles. The molecule has 24 heavy (non-hydrogen) atoms. The first-order valence-electron chi connectivity index (χ1n) is 7.93. The molecule has 1 amide bonds. The van der Waals surface area contributed by atoms with Gasteiger partial charge >= 0.3 is 0 Å². The molecule has 0 aliphatic carbocycles. The highest BCUT2D eigenvalue weighted by Gasteiger charge is 2.16. The predicted octanol–water partition coefficient (Wildman–Crippen LogP) is 0.864. The van der Waals surface area contributed by atoms with Gasteiger partial charge in [-0.1, -0.05) is 6.07 Å². The minimum absolute atomic E-state index is 0.0805. The second kappa shape index (κ2) is 7.27. The zero-order chi connectivity index (χ0) is 16.9. The fraction of sp³-hybridized carbons (Fsp3) is 0.353. The summed E-state index contributed by atoms with van der Waals surface area (Å²) in [5, 5.41) is 12.2. The van der Waals surface area contributed by atoms with Gasteiger partial charge in [-0.25, -0.2) is 4.98 Å². The van der Waals surface area contributed by atoms with Gasteiger partial charge < -0.3 is 20.2 Å². The summed E-state index contributed by atoms with van der Waals surface area (Å²) in [5.41, 5.74) is 1.12. The Balaban J connectivity index is 1.63. The number of carbonyl (C=O) groups excluding carboxylic acids is 1. The lowest BCUT2D eigenvalue weighted by molar-refractivity contribution is 0.0946. The maximum absolute atomic E-state index is 12.3. The third-order valence-electron chi connectivity index (χ3n) is 4.03. The van der Waals surface area contributed by atoms with Crippen LogP contribution in [0.15, 0.2) is 36.7 Å². The van der Waals surface area contributed by atoms with Crippen LogP contribution in [0.2, 0.25) is 0 Å². The Labute approximate surface area is 141 Å². The van der Waals surface area contributed by atoms with Crippen molar-refractivity contribution in [2.24, 2.45) is 0 Å². The molecule has 0 radical (unpaired) electrons. The molecule has 7 heteroatoms. The number of aromatic nitrogens is 2. The Bertz CT molecular complexity index is 714. The molecule has 3 rings (SSSR count). The molecule has 0 aromatic carbocycles. The van der Waals surface area contributed by atoms with Crippen LogP contribution in [0.4, 0.5) is 5.82 Å². The Kier molecular flexibility index (Phi) is 4.90. The molecule has 0 unspecified atom stereocenters. The molecule has 0 spiro atoms. The molecule has 2 aromatic rings. The first kappa shape index (κ1) is 16.2. The zero-order valence-corrected chi connectivity index (χ0v) is 13.6. The molecule has 126 valence electrons. The van der Waals surface area contributed by atoms with E-state index in [1.54, 1.807) is 18.3 Å². The Morgan fingerprint density at radius 1 is 1.25 bits per heavy atom. The number of aromatic hydroxyl groups is 1. The number of carbonyl (C=O) groups is 1. The molecule has 1 aliphatic heterocycles. The fourth-order valence-electron chi connectivity index (χ4n) is 2.60. The number of piperazine rings is 1. The lowest BCUT2D eigenvalue weighted by atomic mass is 10.2. The third-order valence-corrected chi connectivity index (χ3v) is 4.03. The van der Waals surface area contributed by atoms with Crippen molar-refractivity contribution >= 4 is 11.7 Å². The van der Waals surface area contributed by atoms with Crippen LogP contribution in [0.3, 0.4) is 0 Å². The van der Waals surface area contributed by atoms with Gasteiger partial charge in [-0.2, -0.15) is 0 Å². The van der Waals surface area contributed by atoms with E-state index in [1.807, 2.05) is 12.1 Å². The largest absolute Gasteiger partial charge is 0.506 e. The average Bonchev–Trinajstić information content (AvgIpc) is 2.60. The number of pyridine rings is 2. The van der Waals surface area contributed by atoms with E-state index in [4.69, 9.17) is 0 Å². The van der Waals surface area contributed by atoms with Crippen LogP contribution in [0.25, 0.3) is 0 Å². The molecule has 0 atom stereocenters. The summed E-state index contributed by atoms with van der Waals surface area (Å²) in [7, 11) is 2.10. The molecule has 2 aromatic heterocycles. The second-order valence-corrected chi connectivity index (χ2v) is 5.91. The minimum Gasteiger partial charge on any atom is -0.506 e. The van der Waals surface area contributed by atoms with Gasteiger partial charge in [-0.3, -0.25) is 9.78 Å². The Morgan fingerprint density at radius 3 is 2.79 bits per heavy atom. The standard InChI is InChI=1S/C17H21N5O2/c1-21-5-7-22(8-6-21)16-4-2-3-15(20-16)17(24)19-11-13-9-14(23)12-18-10-13/h2-4,9-10,12,23H,5-8,11H2,1H3,(H,19,24). The number of nitrogens with zero attached hydrogens (tertiary/aromatic N) is 4. The van der Waals surface area contributed by atoms with Gasteiger partial charge in [0.05, 0.1) is 6.20 Å². The molecule has 2 N–H and O–H groups in total. The molecule has 1 saturated heterocycles. The van der Waals surface area contributed by atoms with Gasteiger partial charge in [0.1, 0.15) is 17.3 Å². The fourth-order valence-corrected chi connectivity index (χ4v) is 2.60. The minimum atomic E-state index is -0.241. The van der Waals surface area contributed by atoms with Crippen molar-refractivity contribution in [2.75, 3.05) is 38.1 Å². The summed E-state index contributed by atoms with van der Waals surface area (Å²) < 4.78 is 0. The summed E-state index contributed by atoms with van der Waals surface area (Å²) in [6, 6.07) is 7.06. The van der Waals surface area contributed by atoms with Gasteiger partial charge in [0.2, 0.25) is 0 Å². The van der Waals surface area contributed by atoms with Crippen molar-refractivity contribution in [1.82, 2.24) is 20.2 Å². The molecular weight excluding hydrogens is 306 g/mol. The quantitative estimate of drug-likeness (QED) is 0.867. The number of likely N-dealkylation sites (N-methyl/N-ethyl adjacent to an activating group) is 1. The highest BCUT2D eigenvalue weighted by Crippen LogP contribution is 2.14. The van der Waals surface area contributed by atoms with Crippen LogP contribution >= 0.6 is 0 Å². The lowest BCUT2D eigenvalue weighted by Gasteiger charge is -2.33. The zero-order valence-electron chi connectivity index (χ0n) is 13.6. The van der Waals surface area contributed by atoms with Crippen LogP contribution in [0.5, 0.6) is 5.75 Å². The van der Waals surface area contributed by atoms with Crippen LogP contribution in [0.1, 0.15) is 16.1 Å². The first-order valence-corrected chi connectivity index (χ1v) is 7.93. The summed E-state index contributed by atoms with van der Waals surface area (Å²) in [6.45, 7) is 4.08. The number of amides is 1. The van der Waals surface area contributed by atoms with Gasteiger partial charge in [-0.05, 0) is 30.8 Å². The molecule has 3 heterocycles. The molecule has 0 bridgehead atoms. The number of anilines is 1. The number of hydrogen-bond donors (Lipinski definition) is 2. The monoisotopic (exact) mass is 327 g/mol. The third kappa shape index (κ3) is 3.99. The predicted molar refractivity (Wildman–Crippen MR) is 91.0 cm³/mol. The van der Waals surface area contributed by atoms with Crippen molar-refractivity contribution < 1.29 is 9.90 Å². The highest BCUT2D eigenvalue weighted by molar-refractivity contribution is 5.92. The summed E-state index contributed by atoms with van der Waals surface area (Å²) >= 11 is 0. The summed E-state index contributed by atoms with van der Waals surface area (Å²) in [4.78, 5) is 25.1. The van der Waals surface area contributed by atoms with E-state index in [0.717, 1.165) is 37.6 Å². The molecule has 7 nitrogen and oxygen atoms in total. The summed E-state index contributed by atoms with van der Waals surface area (Å²) in [6.07, 6.45) is 2.96. The van der Waals surface area contributed by atoms with Crippen LogP contribution in [-0.4, -0.2) is 59.1 Å². The molecule has 1 aliphatic rings. The van der Waals surface area contributed by atoms with Crippen molar-refractivity contribution in [3.63, 3.8) is 0 Å². The van der Waals surface area contributed by atoms with E-state index in [-0.39, 0.29) is 11.7 Å². The molecule has 1 fully saturated rings. The number of nitrogens with one attached hydrogen (secondary N) is 1. The van der Waals surface area contributed by atoms with Crippen LogP contribution in [0, 0.1) is 0 Å². The molecular formula is C17H21N5O2. The van der Waals surface area contributed by atoms with E-state index < -0.39 is 0 Å². The normalized spacial score (nSPS) is 15.3. The average molecular weight is 327 g/mol. The van der Waals surface area contributed by atoms with E-state index in [9.17, 15) is 9.90 Å². The van der Waals surface area contributed by atoms with Gasteiger partial charge in [-0.15, -0.1) is 0 Å². The van der Waals surface area contributed by atoms with Crippen molar-refractivity contribution in [1.29, 1.82) is 0 Å². The topological polar surface area (TPSA) is 81.6 Å². The highest BCUT2D eigenvalue weighted by atomic mass is 16.3. The van der Waals surface area contributed by atoms with Crippen molar-refractivity contribution in [3.8, 4) is 5.75 Å². The van der Waals surface area contributed by atoms with Crippen molar-refractivity contribution in [3.05, 3.63) is 47.9 Å². The number of rotatable bonds is 4. The van der Waals surface area contributed by atoms with E-state index >= 15 is 0 Å². The maximum atomic E-state index is 12.3. The Morgan fingerprint density at radius 2 is 2.04 bits per heavy atom. The smallest absolute Gasteiger partial charge is 0.270 e. The van der Waals surface area contributed by atoms with Crippen molar-refractivity contribution in [2.45, 2.75) is 6.54 Å². The van der Waals surface area contributed by atoms with Crippen LogP contribution in [-0.2, 0) is 6.54 Å². The second-order valence-electron chi connectivity index (χ2n) is 5.91. The van der Waals surface area contributed by atoms with Gasteiger partial charge in [0, 0.05) is 38.9 Å². The number of hydrogen-bond acceptors (Lipinski definition) is 6. The summed E-state index contributed by atoms with van der Waals surface area (Å²) in [5.74, 6) is 0.668. The maximum Gasteiger partial charge on any atom is 0.270 e. The van der Waals surface area contributed by atoms with Crippen LogP contribution < -0.4 is 10.2 Å². The Hall–Kier alpha value is -2.67. The first-order chi connectivity index (χ1) is 11.6. The van der Waals surface area contributed by atoms with Gasteiger partial charge in [0.25, 0.3) is 5.91 Å².